The Labute approximate surface area is 63.7 Å². The molecule has 0 amide bonds. The Hall–Kier alpha value is -0.0800. The second-order valence-corrected chi connectivity index (χ2v) is 2.95. The fourth-order valence-electron chi connectivity index (χ4n) is 1.00. The molecule has 0 spiro atoms. The van der Waals surface area contributed by atoms with Gasteiger partial charge >= 0.3 is 0 Å². The minimum Gasteiger partial charge on any atom is -0.366 e. The van der Waals surface area contributed by atoms with Gasteiger partial charge in [0, 0.05) is 0 Å². The van der Waals surface area contributed by atoms with Crippen molar-refractivity contribution in [3.8, 4) is 0 Å². The van der Waals surface area contributed by atoms with Gasteiger partial charge in [-0.15, -0.1) is 0 Å². The third-order valence-corrected chi connectivity index (χ3v) is 1.92. The van der Waals surface area contributed by atoms with Gasteiger partial charge in [-0.2, -0.15) is 0 Å². The van der Waals surface area contributed by atoms with Crippen LogP contribution in [0, 0.1) is 11.8 Å². The van der Waals surface area contributed by atoms with Crippen LogP contribution in [0.3, 0.4) is 0 Å². The van der Waals surface area contributed by atoms with E-state index >= 15 is 0 Å². The molecule has 10 heavy (non-hydrogen) atoms. The average Bonchev–Trinajstić information content (AvgIpc) is 1.89. The maximum atomic E-state index is 5.21. The molecular formula is C8H19NO. The SMILES string of the molecule is CCC(COCN)C(C)C. The van der Waals surface area contributed by atoms with E-state index in [1.54, 1.807) is 0 Å². The molecule has 0 aliphatic carbocycles. The van der Waals surface area contributed by atoms with Crippen molar-refractivity contribution in [2.24, 2.45) is 17.6 Å². The largest absolute Gasteiger partial charge is 0.366 e. The Morgan fingerprint density at radius 2 is 2.00 bits per heavy atom. The van der Waals surface area contributed by atoms with Crippen molar-refractivity contribution < 1.29 is 4.74 Å². The monoisotopic (exact) mass is 145 g/mol. The van der Waals surface area contributed by atoms with Gasteiger partial charge in [0.15, 0.2) is 0 Å². The van der Waals surface area contributed by atoms with Crippen LogP contribution < -0.4 is 5.73 Å². The van der Waals surface area contributed by atoms with Crippen LogP contribution in [0.15, 0.2) is 0 Å². The lowest BCUT2D eigenvalue weighted by Gasteiger charge is -2.17. The third kappa shape index (κ3) is 3.85. The van der Waals surface area contributed by atoms with Gasteiger partial charge in [-0.1, -0.05) is 27.2 Å². The highest BCUT2D eigenvalue weighted by Gasteiger charge is 2.09. The van der Waals surface area contributed by atoms with Gasteiger partial charge in [-0.05, 0) is 11.8 Å². The minimum absolute atomic E-state index is 0.350. The zero-order valence-corrected chi connectivity index (χ0v) is 7.26. The molecule has 1 unspecified atom stereocenters. The molecule has 0 rings (SSSR count). The van der Waals surface area contributed by atoms with E-state index in [2.05, 4.69) is 20.8 Å². The Bertz CT molecular complexity index is 73.7. The minimum atomic E-state index is 0.350. The van der Waals surface area contributed by atoms with Crippen molar-refractivity contribution in [2.45, 2.75) is 27.2 Å². The van der Waals surface area contributed by atoms with Crippen LogP contribution in [-0.4, -0.2) is 13.3 Å². The van der Waals surface area contributed by atoms with Crippen LogP contribution >= 0.6 is 0 Å². The Morgan fingerprint density at radius 3 is 2.30 bits per heavy atom. The highest BCUT2D eigenvalue weighted by atomic mass is 16.5. The average molecular weight is 145 g/mol. The van der Waals surface area contributed by atoms with Crippen molar-refractivity contribution >= 4 is 0 Å². The molecule has 1 atom stereocenters. The summed E-state index contributed by atoms with van der Waals surface area (Å²) in [4.78, 5) is 0. The Morgan fingerprint density at radius 1 is 1.40 bits per heavy atom. The summed E-state index contributed by atoms with van der Waals surface area (Å²) in [5.74, 6) is 1.38. The molecule has 2 nitrogen and oxygen atoms in total. The topological polar surface area (TPSA) is 35.2 Å². The standard InChI is InChI=1S/C8H19NO/c1-4-8(7(2)3)5-10-6-9/h7-8H,4-6,9H2,1-3H3. The van der Waals surface area contributed by atoms with Gasteiger partial charge in [0.1, 0.15) is 0 Å². The van der Waals surface area contributed by atoms with Crippen LogP contribution in [0.5, 0.6) is 0 Å². The second kappa shape index (κ2) is 5.69. The van der Waals surface area contributed by atoms with E-state index in [4.69, 9.17) is 10.5 Å². The third-order valence-electron chi connectivity index (χ3n) is 1.92. The summed E-state index contributed by atoms with van der Waals surface area (Å²) in [5, 5.41) is 0. The first-order valence-electron chi connectivity index (χ1n) is 4.00. The van der Waals surface area contributed by atoms with Crippen LogP contribution in [0.1, 0.15) is 27.2 Å². The summed E-state index contributed by atoms with van der Waals surface area (Å²) < 4.78 is 5.13. The van der Waals surface area contributed by atoms with E-state index < -0.39 is 0 Å². The number of hydrogen-bond acceptors (Lipinski definition) is 2. The van der Waals surface area contributed by atoms with E-state index in [1.165, 1.54) is 6.42 Å². The van der Waals surface area contributed by atoms with Crippen molar-refractivity contribution in [3.05, 3.63) is 0 Å². The lowest BCUT2D eigenvalue weighted by Crippen LogP contribution is -2.17. The molecule has 0 heterocycles. The van der Waals surface area contributed by atoms with Gasteiger partial charge in [0.2, 0.25) is 0 Å². The number of ether oxygens (including phenoxy) is 1. The molecule has 0 radical (unpaired) electrons. The summed E-state index contributed by atoms with van der Waals surface area (Å²) in [5.41, 5.74) is 5.21. The highest BCUT2D eigenvalue weighted by Crippen LogP contribution is 2.14. The van der Waals surface area contributed by atoms with Crippen LogP contribution in [-0.2, 0) is 4.74 Å². The molecule has 0 saturated carbocycles. The highest BCUT2D eigenvalue weighted by molar-refractivity contribution is 4.59. The van der Waals surface area contributed by atoms with E-state index in [9.17, 15) is 0 Å². The molecule has 0 aliphatic heterocycles. The molecule has 0 aliphatic rings. The summed E-state index contributed by atoms with van der Waals surface area (Å²) in [6.45, 7) is 7.78. The molecule has 0 aromatic carbocycles. The Balaban J connectivity index is 3.40. The van der Waals surface area contributed by atoms with Crippen molar-refractivity contribution in [3.63, 3.8) is 0 Å². The van der Waals surface area contributed by atoms with Gasteiger partial charge in [-0.25, -0.2) is 0 Å². The van der Waals surface area contributed by atoms with E-state index in [1.807, 2.05) is 0 Å². The van der Waals surface area contributed by atoms with Gasteiger partial charge in [0.25, 0.3) is 0 Å². The molecule has 0 aromatic heterocycles. The van der Waals surface area contributed by atoms with Gasteiger partial charge < -0.3 is 10.5 Å². The molecule has 2 heteroatoms. The predicted octanol–water partition coefficient (Wildman–Crippen LogP) is 1.60. The second-order valence-electron chi connectivity index (χ2n) is 2.95. The molecule has 2 N–H and O–H groups in total. The fraction of sp³-hybridized carbons (Fsp3) is 1.00. The first-order valence-corrected chi connectivity index (χ1v) is 4.00. The normalized spacial score (nSPS) is 14.1. The van der Waals surface area contributed by atoms with Crippen LogP contribution in [0.4, 0.5) is 0 Å². The maximum Gasteiger partial charge on any atom is 0.0940 e. The van der Waals surface area contributed by atoms with Gasteiger partial charge in [-0.3, -0.25) is 0 Å². The lowest BCUT2D eigenvalue weighted by atomic mass is 9.94. The van der Waals surface area contributed by atoms with E-state index in [0.717, 1.165) is 6.61 Å². The summed E-state index contributed by atoms with van der Waals surface area (Å²) >= 11 is 0. The molecular weight excluding hydrogens is 126 g/mol. The molecule has 0 saturated heterocycles. The molecule has 0 aromatic rings. The maximum absolute atomic E-state index is 5.21. The number of nitrogens with two attached hydrogens (primary N) is 1. The van der Waals surface area contributed by atoms with Crippen molar-refractivity contribution in [1.82, 2.24) is 0 Å². The summed E-state index contributed by atoms with van der Waals surface area (Å²) in [6, 6.07) is 0. The smallest absolute Gasteiger partial charge is 0.0940 e. The lowest BCUT2D eigenvalue weighted by molar-refractivity contribution is 0.0861. The summed E-state index contributed by atoms with van der Waals surface area (Å²) in [7, 11) is 0. The van der Waals surface area contributed by atoms with Crippen molar-refractivity contribution in [2.75, 3.05) is 13.3 Å². The quantitative estimate of drug-likeness (QED) is 0.596. The Kier molecular flexibility index (Phi) is 5.64. The zero-order chi connectivity index (χ0) is 7.98. The van der Waals surface area contributed by atoms with Crippen LogP contribution in [0.2, 0.25) is 0 Å². The number of rotatable bonds is 5. The van der Waals surface area contributed by atoms with Gasteiger partial charge in [0.05, 0.1) is 13.3 Å². The number of hydrogen-bond donors (Lipinski definition) is 1. The molecule has 62 valence electrons. The first-order chi connectivity index (χ1) is 4.72. The van der Waals surface area contributed by atoms with Crippen molar-refractivity contribution in [1.29, 1.82) is 0 Å². The van der Waals surface area contributed by atoms with E-state index in [0.29, 0.717) is 18.6 Å². The molecule has 0 bridgehead atoms. The molecule has 0 fully saturated rings. The van der Waals surface area contributed by atoms with E-state index in [-0.39, 0.29) is 0 Å². The zero-order valence-electron chi connectivity index (χ0n) is 7.26. The first kappa shape index (κ1) is 9.92. The fourth-order valence-corrected chi connectivity index (χ4v) is 1.00. The summed E-state index contributed by atoms with van der Waals surface area (Å²) in [6.07, 6.45) is 1.18. The predicted molar refractivity (Wildman–Crippen MR) is 43.6 cm³/mol. The van der Waals surface area contributed by atoms with Crippen LogP contribution in [0.25, 0.3) is 0 Å².